The fourth-order valence-corrected chi connectivity index (χ4v) is 4.32. The van der Waals surface area contributed by atoms with Crippen LogP contribution in [0.5, 0.6) is 0 Å². The maximum absolute atomic E-state index is 12.3. The van der Waals surface area contributed by atoms with Crippen molar-refractivity contribution in [2.75, 3.05) is 16.8 Å². The maximum Gasteiger partial charge on any atom is 0.412 e. The summed E-state index contributed by atoms with van der Waals surface area (Å²) in [5, 5.41) is 16.1. The number of nitrogens with zero attached hydrogens (tertiary/aromatic N) is 1. The van der Waals surface area contributed by atoms with E-state index in [1.54, 1.807) is 0 Å². The third-order valence-electron chi connectivity index (χ3n) is 4.76. The van der Waals surface area contributed by atoms with E-state index in [0.29, 0.717) is 11.4 Å². The van der Waals surface area contributed by atoms with Crippen LogP contribution in [-0.4, -0.2) is 39.9 Å². The number of carboxylic acids is 1. The molecule has 1 amide bonds. The molecule has 1 aliphatic carbocycles. The van der Waals surface area contributed by atoms with Gasteiger partial charge in [-0.25, -0.2) is 4.79 Å². The molecule has 1 aromatic carbocycles. The lowest BCUT2D eigenvalue weighted by Gasteiger charge is -2.15. The molecule has 1 heterocycles. The van der Waals surface area contributed by atoms with Crippen molar-refractivity contribution in [3.05, 3.63) is 46.7 Å². The smallest absolute Gasteiger partial charge is 0.412 e. The molecular formula is C21H23ClN2O5S. The Morgan fingerprint density at radius 1 is 1.33 bits per heavy atom. The number of nitrogens with one attached hydrogen (secondary N) is 1. The van der Waals surface area contributed by atoms with Crippen LogP contribution in [0.1, 0.15) is 31.7 Å². The Morgan fingerprint density at radius 3 is 2.77 bits per heavy atom. The van der Waals surface area contributed by atoms with Gasteiger partial charge in [0.2, 0.25) is 0 Å². The Hall–Kier alpha value is -2.45. The summed E-state index contributed by atoms with van der Waals surface area (Å²) in [5.74, 6) is 0.0225. The van der Waals surface area contributed by atoms with Crippen molar-refractivity contribution in [2.24, 2.45) is 0 Å². The number of carbonyl (C=O) groups is 2. The molecule has 0 bridgehead atoms. The number of thioether (sulfide) groups is 1. The summed E-state index contributed by atoms with van der Waals surface area (Å²) >= 11 is 7.57. The lowest BCUT2D eigenvalue weighted by atomic mass is 10.1. The molecule has 0 saturated carbocycles. The van der Waals surface area contributed by atoms with E-state index in [9.17, 15) is 9.59 Å². The van der Waals surface area contributed by atoms with Gasteiger partial charge in [-0.2, -0.15) is 0 Å². The van der Waals surface area contributed by atoms with Crippen molar-refractivity contribution in [2.45, 2.75) is 38.7 Å². The van der Waals surface area contributed by atoms with Crippen LogP contribution in [0, 0.1) is 0 Å². The van der Waals surface area contributed by atoms with Gasteiger partial charge in [0.1, 0.15) is 23.7 Å². The molecule has 3 rings (SSSR count). The second kappa shape index (κ2) is 10.5. The van der Waals surface area contributed by atoms with Gasteiger partial charge in [-0.15, -0.1) is 11.8 Å². The summed E-state index contributed by atoms with van der Waals surface area (Å²) in [6.07, 6.45) is 3.80. The predicted molar refractivity (Wildman–Crippen MR) is 117 cm³/mol. The van der Waals surface area contributed by atoms with Crippen LogP contribution in [0.3, 0.4) is 0 Å². The SMILES string of the molecule is CC(OC(=O)Nc1conc1-c1ccc(CCSCC(=O)O)cc1)C1=C(Cl)CCC1. The third-order valence-corrected chi connectivity index (χ3v) is 6.14. The van der Waals surface area contributed by atoms with Gasteiger partial charge in [-0.1, -0.05) is 41.0 Å². The van der Waals surface area contributed by atoms with Gasteiger partial charge in [0.05, 0.1) is 5.75 Å². The van der Waals surface area contributed by atoms with Gasteiger partial charge in [-0.3, -0.25) is 10.1 Å². The number of hydrogen-bond donors (Lipinski definition) is 2. The molecule has 30 heavy (non-hydrogen) atoms. The fourth-order valence-electron chi connectivity index (χ4n) is 3.24. The standard InChI is InChI=1S/C21H23ClN2O5S/c1-13(16-3-2-4-17(16)22)29-21(27)23-18-11-28-24-20(18)15-7-5-14(6-8-15)9-10-30-12-19(25)26/h5-8,11,13H,2-4,9-10,12H2,1H3,(H,23,27)(H,25,26). The number of anilines is 1. The summed E-state index contributed by atoms with van der Waals surface area (Å²) in [7, 11) is 0. The van der Waals surface area contributed by atoms with E-state index in [2.05, 4.69) is 10.5 Å². The molecular weight excluding hydrogens is 428 g/mol. The first-order chi connectivity index (χ1) is 14.4. The van der Waals surface area contributed by atoms with Gasteiger partial charge < -0.3 is 14.4 Å². The predicted octanol–water partition coefficient (Wildman–Crippen LogP) is 5.32. The number of halogens is 1. The number of carbonyl (C=O) groups excluding carboxylic acids is 1. The summed E-state index contributed by atoms with van der Waals surface area (Å²) < 4.78 is 10.5. The van der Waals surface area contributed by atoms with Crippen molar-refractivity contribution in [3.8, 4) is 11.3 Å². The highest BCUT2D eigenvalue weighted by molar-refractivity contribution is 7.99. The van der Waals surface area contributed by atoms with E-state index >= 15 is 0 Å². The summed E-state index contributed by atoms with van der Waals surface area (Å²) in [5.41, 5.74) is 3.77. The highest BCUT2D eigenvalue weighted by Gasteiger charge is 2.22. The van der Waals surface area contributed by atoms with E-state index in [1.165, 1.54) is 18.0 Å². The average molecular weight is 451 g/mol. The first-order valence-electron chi connectivity index (χ1n) is 9.62. The van der Waals surface area contributed by atoms with Crippen molar-refractivity contribution in [1.82, 2.24) is 5.16 Å². The zero-order valence-corrected chi connectivity index (χ0v) is 18.1. The van der Waals surface area contributed by atoms with Crippen molar-refractivity contribution < 1.29 is 24.0 Å². The topological polar surface area (TPSA) is 102 Å². The zero-order valence-electron chi connectivity index (χ0n) is 16.5. The Kier molecular flexibility index (Phi) is 7.81. The number of carboxylic acid groups (broad SMARTS) is 1. The summed E-state index contributed by atoms with van der Waals surface area (Å²) in [6, 6.07) is 7.67. The van der Waals surface area contributed by atoms with Crippen molar-refractivity contribution in [1.29, 1.82) is 0 Å². The van der Waals surface area contributed by atoms with Gasteiger partial charge in [0.15, 0.2) is 0 Å². The molecule has 1 unspecified atom stereocenters. The number of aromatic nitrogens is 1. The first kappa shape index (κ1) is 22.2. The number of amides is 1. The quantitative estimate of drug-likeness (QED) is 0.498. The first-order valence-corrected chi connectivity index (χ1v) is 11.2. The molecule has 0 radical (unpaired) electrons. The van der Waals surface area contributed by atoms with Gasteiger partial charge in [0, 0.05) is 10.6 Å². The molecule has 1 aliphatic rings. The Bertz CT molecular complexity index is 926. The monoisotopic (exact) mass is 450 g/mol. The van der Waals surface area contributed by atoms with Crippen LogP contribution in [0.4, 0.5) is 10.5 Å². The molecule has 2 N–H and O–H groups in total. The number of aryl methyl sites for hydroxylation is 1. The number of ether oxygens (including phenoxy) is 1. The molecule has 0 saturated heterocycles. The maximum atomic E-state index is 12.3. The van der Waals surface area contributed by atoms with E-state index < -0.39 is 12.1 Å². The molecule has 9 heteroatoms. The summed E-state index contributed by atoms with van der Waals surface area (Å²) in [4.78, 5) is 22.9. The third kappa shape index (κ3) is 6.03. The van der Waals surface area contributed by atoms with Gasteiger partial charge in [-0.05, 0) is 49.5 Å². The number of aliphatic carboxylic acids is 1. The zero-order chi connectivity index (χ0) is 21.5. The lowest BCUT2D eigenvalue weighted by molar-refractivity contribution is -0.133. The van der Waals surface area contributed by atoms with Crippen LogP contribution in [0.25, 0.3) is 11.3 Å². The molecule has 0 aliphatic heterocycles. The number of rotatable bonds is 9. The van der Waals surface area contributed by atoms with Crippen molar-refractivity contribution >= 4 is 41.1 Å². The van der Waals surface area contributed by atoms with E-state index in [1.807, 2.05) is 31.2 Å². The van der Waals surface area contributed by atoms with Crippen LogP contribution in [-0.2, 0) is 16.0 Å². The van der Waals surface area contributed by atoms with Crippen LogP contribution in [0.2, 0.25) is 0 Å². The minimum atomic E-state index is -0.808. The Morgan fingerprint density at radius 2 is 2.10 bits per heavy atom. The highest BCUT2D eigenvalue weighted by atomic mass is 35.5. The number of hydrogen-bond acceptors (Lipinski definition) is 6. The fraction of sp³-hybridized carbons (Fsp3) is 0.381. The molecule has 0 fully saturated rings. The largest absolute Gasteiger partial charge is 0.481 e. The van der Waals surface area contributed by atoms with E-state index in [0.717, 1.165) is 53.2 Å². The Balaban J connectivity index is 1.57. The highest BCUT2D eigenvalue weighted by Crippen LogP contribution is 2.32. The number of allylic oxidation sites excluding steroid dienone is 1. The summed E-state index contributed by atoms with van der Waals surface area (Å²) in [6.45, 7) is 1.81. The van der Waals surface area contributed by atoms with Crippen LogP contribution < -0.4 is 5.32 Å². The van der Waals surface area contributed by atoms with Crippen molar-refractivity contribution in [3.63, 3.8) is 0 Å². The molecule has 0 spiro atoms. The lowest BCUT2D eigenvalue weighted by Crippen LogP contribution is -2.21. The van der Waals surface area contributed by atoms with Gasteiger partial charge >= 0.3 is 12.1 Å². The minimum absolute atomic E-state index is 0.101. The number of benzene rings is 1. The molecule has 2 aromatic rings. The van der Waals surface area contributed by atoms with Crippen LogP contribution >= 0.6 is 23.4 Å². The normalized spacial score (nSPS) is 14.6. The second-order valence-electron chi connectivity index (χ2n) is 6.93. The Labute approximate surface area is 183 Å². The second-order valence-corrected chi connectivity index (χ2v) is 8.49. The average Bonchev–Trinajstić information content (AvgIpc) is 3.34. The minimum Gasteiger partial charge on any atom is -0.481 e. The molecule has 1 atom stereocenters. The molecule has 1 aromatic heterocycles. The van der Waals surface area contributed by atoms with E-state index in [-0.39, 0.29) is 11.9 Å². The molecule has 7 nitrogen and oxygen atoms in total. The van der Waals surface area contributed by atoms with Gasteiger partial charge in [0.25, 0.3) is 0 Å². The van der Waals surface area contributed by atoms with E-state index in [4.69, 9.17) is 26.0 Å². The molecule has 160 valence electrons. The van der Waals surface area contributed by atoms with Crippen LogP contribution in [0.15, 0.2) is 45.7 Å².